The normalized spacial score (nSPS) is 14.2. The molecule has 0 spiro atoms. The summed E-state index contributed by atoms with van der Waals surface area (Å²) in [6, 6.07) is 0. The SMILES string of the molecule is CCC(CN(C)C)SSC(C)C. The Labute approximate surface area is 85.1 Å². The summed E-state index contributed by atoms with van der Waals surface area (Å²) in [5, 5.41) is 1.53. The highest BCUT2D eigenvalue weighted by molar-refractivity contribution is 8.77. The molecule has 0 aromatic rings. The molecule has 0 radical (unpaired) electrons. The van der Waals surface area contributed by atoms with E-state index in [-0.39, 0.29) is 0 Å². The second kappa shape index (κ2) is 7.10. The summed E-state index contributed by atoms with van der Waals surface area (Å²) in [7, 11) is 8.31. The standard InChI is InChI=1S/C9H21NS2/c1-6-9(7-10(4)5)12-11-8(2)3/h8-9H,6-7H2,1-5H3. The van der Waals surface area contributed by atoms with Crippen LogP contribution in [0, 0.1) is 0 Å². The van der Waals surface area contributed by atoms with Gasteiger partial charge < -0.3 is 4.90 Å². The first-order valence-corrected chi connectivity index (χ1v) is 6.80. The average Bonchev–Trinajstić information content (AvgIpc) is 1.97. The van der Waals surface area contributed by atoms with Gasteiger partial charge in [0.15, 0.2) is 0 Å². The molecule has 0 amide bonds. The fourth-order valence-electron chi connectivity index (χ4n) is 0.825. The van der Waals surface area contributed by atoms with Crippen LogP contribution >= 0.6 is 21.6 Å². The molecule has 1 atom stereocenters. The minimum atomic E-state index is 0.742. The smallest absolute Gasteiger partial charge is 0.0276 e. The maximum absolute atomic E-state index is 2.27. The van der Waals surface area contributed by atoms with Crippen molar-refractivity contribution >= 4 is 21.6 Å². The Morgan fingerprint density at radius 1 is 1.17 bits per heavy atom. The lowest BCUT2D eigenvalue weighted by atomic mass is 10.3. The van der Waals surface area contributed by atoms with Gasteiger partial charge in [0.25, 0.3) is 0 Å². The number of nitrogens with zero attached hydrogens (tertiary/aromatic N) is 1. The van der Waals surface area contributed by atoms with E-state index in [2.05, 4.69) is 39.8 Å². The van der Waals surface area contributed by atoms with E-state index in [4.69, 9.17) is 0 Å². The number of rotatable bonds is 6. The topological polar surface area (TPSA) is 3.24 Å². The molecule has 0 saturated heterocycles. The highest BCUT2D eigenvalue weighted by atomic mass is 33.1. The molecule has 0 bridgehead atoms. The van der Waals surface area contributed by atoms with Crippen LogP contribution in [-0.4, -0.2) is 36.0 Å². The van der Waals surface area contributed by atoms with E-state index in [1.807, 2.05) is 21.6 Å². The summed E-state index contributed by atoms with van der Waals surface area (Å²) in [5.41, 5.74) is 0. The predicted octanol–water partition coefficient (Wildman–Crippen LogP) is 3.12. The first-order valence-electron chi connectivity index (χ1n) is 4.53. The quantitative estimate of drug-likeness (QED) is 0.616. The van der Waals surface area contributed by atoms with Crippen molar-refractivity contribution in [2.24, 2.45) is 0 Å². The van der Waals surface area contributed by atoms with Gasteiger partial charge in [-0.1, -0.05) is 42.4 Å². The fourth-order valence-corrected chi connectivity index (χ4v) is 3.43. The molecule has 1 unspecified atom stereocenters. The molecule has 0 aromatic heterocycles. The summed E-state index contributed by atoms with van der Waals surface area (Å²) < 4.78 is 0. The van der Waals surface area contributed by atoms with Gasteiger partial charge in [-0.05, 0) is 20.5 Å². The van der Waals surface area contributed by atoms with E-state index in [1.165, 1.54) is 13.0 Å². The maximum atomic E-state index is 2.27. The van der Waals surface area contributed by atoms with E-state index in [0.717, 1.165) is 10.5 Å². The van der Waals surface area contributed by atoms with Crippen LogP contribution in [0.5, 0.6) is 0 Å². The largest absolute Gasteiger partial charge is 0.308 e. The maximum Gasteiger partial charge on any atom is 0.0276 e. The zero-order valence-corrected chi connectivity index (χ0v) is 10.5. The minimum Gasteiger partial charge on any atom is -0.308 e. The van der Waals surface area contributed by atoms with E-state index in [9.17, 15) is 0 Å². The van der Waals surface area contributed by atoms with Crippen molar-refractivity contribution < 1.29 is 0 Å². The van der Waals surface area contributed by atoms with Gasteiger partial charge in [0, 0.05) is 17.0 Å². The monoisotopic (exact) mass is 207 g/mol. The molecule has 3 heteroatoms. The van der Waals surface area contributed by atoms with E-state index in [0.29, 0.717) is 0 Å². The van der Waals surface area contributed by atoms with Crippen LogP contribution in [0.3, 0.4) is 0 Å². The van der Waals surface area contributed by atoms with Gasteiger partial charge in [-0.15, -0.1) is 0 Å². The Morgan fingerprint density at radius 2 is 1.75 bits per heavy atom. The zero-order chi connectivity index (χ0) is 9.56. The van der Waals surface area contributed by atoms with Crippen LogP contribution in [0.15, 0.2) is 0 Å². The van der Waals surface area contributed by atoms with Crippen LogP contribution in [0.2, 0.25) is 0 Å². The summed E-state index contributed by atoms with van der Waals surface area (Å²) in [6.07, 6.45) is 1.27. The second-order valence-electron chi connectivity index (χ2n) is 3.53. The molecule has 0 heterocycles. The van der Waals surface area contributed by atoms with Gasteiger partial charge in [0.1, 0.15) is 0 Å². The Bertz CT molecular complexity index is 105. The molecule has 0 aliphatic carbocycles. The third kappa shape index (κ3) is 7.32. The zero-order valence-electron chi connectivity index (χ0n) is 8.83. The molecular weight excluding hydrogens is 186 g/mol. The highest BCUT2D eigenvalue weighted by Gasteiger charge is 2.09. The third-order valence-electron chi connectivity index (χ3n) is 1.41. The lowest BCUT2D eigenvalue weighted by Crippen LogP contribution is -2.22. The highest BCUT2D eigenvalue weighted by Crippen LogP contribution is 2.32. The van der Waals surface area contributed by atoms with E-state index < -0.39 is 0 Å². The lowest BCUT2D eigenvalue weighted by Gasteiger charge is -2.19. The van der Waals surface area contributed by atoms with Crippen molar-refractivity contribution in [1.29, 1.82) is 0 Å². The number of hydrogen-bond donors (Lipinski definition) is 0. The molecule has 74 valence electrons. The molecule has 0 aromatic carbocycles. The summed E-state index contributed by atoms with van der Waals surface area (Å²) in [4.78, 5) is 2.27. The average molecular weight is 207 g/mol. The Morgan fingerprint density at radius 3 is 2.08 bits per heavy atom. The Kier molecular flexibility index (Phi) is 7.49. The molecule has 12 heavy (non-hydrogen) atoms. The molecular formula is C9H21NS2. The predicted molar refractivity (Wildman–Crippen MR) is 63.0 cm³/mol. The van der Waals surface area contributed by atoms with Gasteiger partial charge in [-0.2, -0.15) is 0 Å². The Balaban J connectivity index is 3.53. The van der Waals surface area contributed by atoms with Crippen molar-refractivity contribution in [3.8, 4) is 0 Å². The van der Waals surface area contributed by atoms with Crippen LogP contribution < -0.4 is 0 Å². The van der Waals surface area contributed by atoms with Gasteiger partial charge in [-0.25, -0.2) is 0 Å². The van der Waals surface area contributed by atoms with Crippen molar-refractivity contribution in [2.75, 3.05) is 20.6 Å². The lowest BCUT2D eigenvalue weighted by molar-refractivity contribution is 0.405. The van der Waals surface area contributed by atoms with Gasteiger partial charge >= 0.3 is 0 Å². The van der Waals surface area contributed by atoms with E-state index in [1.54, 1.807) is 0 Å². The van der Waals surface area contributed by atoms with Gasteiger partial charge in [-0.3, -0.25) is 0 Å². The molecule has 1 nitrogen and oxygen atoms in total. The molecule has 0 fully saturated rings. The molecule has 0 N–H and O–H groups in total. The first-order chi connectivity index (χ1) is 5.56. The van der Waals surface area contributed by atoms with Crippen molar-refractivity contribution in [3.05, 3.63) is 0 Å². The molecule has 0 saturated carbocycles. The van der Waals surface area contributed by atoms with Crippen molar-refractivity contribution in [1.82, 2.24) is 4.90 Å². The Hall–Kier alpha value is 0.660. The summed E-state index contributed by atoms with van der Waals surface area (Å²) in [5.74, 6) is 0. The molecule has 0 rings (SSSR count). The molecule has 0 aliphatic rings. The van der Waals surface area contributed by atoms with Crippen LogP contribution in [0.25, 0.3) is 0 Å². The summed E-state index contributed by atoms with van der Waals surface area (Å²) >= 11 is 0. The van der Waals surface area contributed by atoms with E-state index >= 15 is 0 Å². The van der Waals surface area contributed by atoms with Crippen LogP contribution in [0.4, 0.5) is 0 Å². The van der Waals surface area contributed by atoms with Crippen LogP contribution in [-0.2, 0) is 0 Å². The second-order valence-corrected chi connectivity index (χ2v) is 6.68. The number of hydrogen-bond acceptors (Lipinski definition) is 3. The minimum absolute atomic E-state index is 0.742. The van der Waals surface area contributed by atoms with Crippen molar-refractivity contribution in [2.45, 2.75) is 37.7 Å². The third-order valence-corrected chi connectivity index (χ3v) is 4.96. The summed E-state index contributed by atoms with van der Waals surface area (Å²) in [6.45, 7) is 7.96. The first kappa shape index (κ1) is 12.7. The van der Waals surface area contributed by atoms with Crippen molar-refractivity contribution in [3.63, 3.8) is 0 Å². The van der Waals surface area contributed by atoms with Crippen LogP contribution in [0.1, 0.15) is 27.2 Å². The van der Waals surface area contributed by atoms with Gasteiger partial charge in [0.2, 0.25) is 0 Å². The van der Waals surface area contributed by atoms with Gasteiger partial charge in [0.05, 0.1) is 0 Å². The molecule has 0 aliphatic heterocycles. The fraction of sp³-hybridized carbons (Fsp3) is 1.00.